The normalized spacial score (nSPS) is 11.7. The molecule has 1 aromatic carbocycles. The van der Waals surface area contributed by atoms with E-state index in [-0.39, 0.29) is 0 Å². The van der Waals surface area contributed by atoms with Gasteiger partial charge in [-0.25, -0.2) is 4.98 Å². The van der Waals surface area contributed by atoms with E-state index in [0.29, 0.717) is 0 Å². The molecule has 0 radical (unpaired) electrons. The minimum atomic E-state index is 1.14. The molecule has 2 aromatic rings. The van der Waals surface area contributed by atoms with E-state index in [1.165, 1.54) is 216 Å². The maximum atomic E-state index is 5.07. The van der Waals surface area contributed by atoms with Gasteiger partial charge in [-0.2, -0.15) is 0 Å². The number of aromatic nitrogens is 2. The molecule has 1 heterocycles. The van der Waals surface area contributed by atoms with Crippen molar-refractivity contribution in [1.82, 2.24) is 9.55 Å². The second-order valence-electron chi connectivity index (χ2n) is 14.2. The van der Waals surface area contributed by atoms with E-state index in [0.717, 1.165) is 13.0 Å². The van der Waals surface area contributed by atoms with Crippen molar-refractivity contribution in [2.75, 3.05) is 0 Å². The zero-order valence-electron chi connectivity index (χ0n) is 30.0. The second kappa shape index (κ2) is 29.1. The molecule has 0 unspecified atom stereocenters. The average Bonchev–Trinajstić information content (AvgIpc) is 3.39. The molecule has 2 nitrogen and oxygen atoms in total. The Morgan fingerprint density at radius 3 is 1.16 bits per heavy atom. The van der Waals surface area contributed by atoms with Crippen LogP contribution in [0.5, 0.6) is 0 Å². The van der Waals surface area contributed by atoms with Gasteiger partial charge >= 0.3 is 0 Å². The molecule has 0 spiro atoms. The number of hydrogen-bond acceptors (Lipinski definition) is 1. The molecule has 0 aliphatic heterocycles. The Labute approximate surface area is 276 Å². The van der Waals surface area contributed by atoms with Gasteiger partial charge in [0.05, 0.1) is 11.0 Å². The third-order valence-electron chi connectivity index (χ3n) is 9.97. The van der Waals surface area contributed by atoms with Gasteiger partial charge in [-0.1, -0.05) is 212 Å². The molecule has 0 N–H and O–H groups in total. The standard InChI is InChI=1S/C42H76N2/c1-3-5-7-9-11-13-15-17-19-21-23-25-27-29-31-35-39-44-41-37-34-33-36-40(41)43-42(44)38-32-30-28-26-24-22-20-18-16-14-12-10-8-6-4-2/h33-34,36-37H,3-32,35,38-39H2,1-2H3. The van der Waals surface area contributed by atoms with Crippen molar-refractivity contribution < 1.29 is 0 Å². The molecule has 2 heteroatoms. The minimum absolute atomic E-state index is 1.14. The number of unbranched alkanes of at least 4 members (excludes halogenated alkanes) is 29. The number of imidazole rings is 1. The van der Waals surface area contributed by atoms with Gasteiger partial charge < -0.3 is 4.57 Å². The highest BCUT2D eigenvalue weighted by atomic mass is 15.1. The van der Waals surface area contributed by atoms with Gasteiger partial charge in [0.2, 0.25) is 0 Å². The quantitative estimate of drug-likeness (QED) is 0.0737. The molecule has 0 fully saturated rings. The molecule has 0 bridgehead atoms. The van der Waals surface area contributed by atoms with Crippen LogP contribution in [0.1, 0.15) is 219 Å². The topological polar surface area (TPSA) is 17.8 Å². The van der Waals surface area contributed by atoms with Gasteiger partial charge in [-0.15, -0.1) is 0 Å². The number of rotatable bonds is 33. The third-order valence-corrected chi connectivity index (χ3v) is 9.97. The van der Waals surface area contributed by atoms with E-state index in [2.05, 4.69) is 42.7 Å². The minimum Gasteiger partial charge on any atom is -0.328 e. The summed E-state index contributed by atoms with van der Waals surface area (Å²) in [4.78, 5) is 5.07. The summed E-state index contributed by atoms with van der Waals surface area (Å²) in [6.45, 7) is 5.76. The highest BCUT2D eigenvalue weighted by Crippen LogP contribution is 2.21. The molecule has 0 saturated carbocycles. The zero-order chi connectivity index (χ0) is 31.2. The van der Waals surface area contributed by atoms with Crippen molar-refractivity contribution >= 4 is 11.0 Å². The van der Waals surface area contributed by atoms with Crippen molar-refractivity contribution in [3.05, 3.63) is 30.1 Å². The first-order valence-corrected chi connectivity index (χ1v) is 20.3. The maximum Gasteiger partial charge on any atom is 0.109 e. The van der Waals surface area contributed by atoms with Gasteiger partial charge in [-0.3, -0.25) is 0 Å². The van der Waals surface area contributed by atoms with Gasteiger partial charge in [0.25, 0.3) is 0 Å². The number of benzene rings is 1. The first kappa shape index (κ1) is 38.9. The van der Waals surface area contributed by atoms with Crippen LogP contribution in [0.4, 0.5) is 0 Å². The summed E-state index contributed by atoms with van der Waals surface area (Å²) in [6, 6.07) is 8.82. The lowest BCUT2D eigenvalue weighted by Crippen LogP contribution is -2.04. The van der Waals surface area contributed by atoms with E-state index in [1.54, 1.807) is 0 Å². The molecule has 1 aromatic heterocycles. The lowest BCUT2D eigenvalue weighted by Gasteiger charge is -2.10. The Bertz CT molecular complexity index is 868. The summed E-state index contributed by atoms with van der Waals surface area (Å²) in [6.07, 6.45) is 45.4. The SMILES string of the molecule is CCCCCCCCCCCCCCCCCCn1c(CCCCCCCCCCCCCCCCC)nc2ccccc21. The molecule has 0 saturated heterocycles. The van der Waals surface area contributed by atoms with Crippen LogP contribution in [0.3, 0.4) is 0 Å². The fourth-order valence-corrected chi connectivity index (χ4v) is 7.04. The molecule has 0 amide bonds. The smallest absolute Gasteiger partial charge is 0.109 e. The predicted molar refractivity (Wildman–Crippen MR) is 198 cm³/mol. The average molecular weight is 609 g/mol. The molecule has 44 heavy (non-hydrogen) atoms. The van der Waals surface area contributed by atoms with Crippen LogP contribution < -0.4 is 0 Å². The largest absolute Gasteiger partial charge is 0.328 e. The van der Waals surface area contributed by atoms with Gasteiger partial charge in [0.15, 0.2) is 0 Å². The van der Waals surface area contributed by atoms with Gasteiger partial charge in [0, 0.05) is 13.0 Å². The highest BCUT2D eigenvalue weighted by Gasteiger charge is 2.10. The lowest BCUT2D eigenvalue weighted by atomic mass is 10.0. The molecule has 0 aliphatic carbocycles. The van der Waals surface area contributed by atoms with Gasteiger partial charge in [0.1, 0.15) is 5.82 Å². The summed E-state index contributed by atoms with van der Waals surface area (Å²) in [7, 11) is 0. The first-order chi connectivity index (χ1) is 21.9. The van der Waals surface area contributed by atoms with Crippen molar-refractivity contribution in [3.8, 4) is 0 Å². The van der Waals surface area contributed by atoms with E-state index < -0.39 is 0 Å². The monoisotopic (exact) mass is 609 g/mol. The molecular formula is C42H76N2. The summed E-state index contributed by atoms with van der Waals surface area (Å²) < 4.78 is 2.56. The van der Waals surface area contributed by atoms with Gasteiger partial charge in [-0.05, 0) is 25.0 Å². The van der Waals surface area contributed by atoms with Crippen LogP contribution >= 0.6 is 0 Å². The van der Waals surface area contributed by atoms with E-state index in [9.17, 15) is 0 Å². The van der Waals surface area contributed by atoms with Crippen molar-refractivity contribution in [3.63, 3.8) is 0 Å². The molecule has 254 valence electrons. The highest BCUT2D eigenvalue weighted by molar-refractivity contribution is 5.75. The number of fused-ring (bicyclic) bond motifs is 1. The second-order valence-corrected chi connectivity index (χ2v) is 14.2. The number of aryl methyl sites for hydroxylation is 2. The molecule has 0 atom stereocenters. The van der Waals surface area contributed by atoms with Crippen LogP contribution in [0.15, 0.2) is 24.3 Å². The Balaban J connectivity index is 1.46. The Morgan fingerprint density at radius 1 is 0.409 bits per heavy atom. The summed E-state index contributed by atoms with van der Waals surface area (Å²) in [5.74, 6) is 1.34. The molecular weight excluding hydrogens is 532 g/mol. The number of nitrogens with zero attached hydrogens (tertiary/aromatic N) is 2. The van der Waals surface area contributed by atoms with Crippen LogP contribution in [-0.4, -0.2) is 9.55 Å². The first-order valence-electron chi connectivity index (χ1n) is 20.3. The third kappa shape index (κ3) is 19.9. The molecule has 0 aliphatic rings. The van der Waals surface area contributed by atoms with Crippen LogP contribution in [-0.2, 0) is 13.0 Å². The summed E-state index contributed by atoms with van der Waals surface area (Å²) >= 11 is 0. The van der Waals surface area contributed by atoms with Crippen LogP contribution in [0, 0.1) is 0 Å². The predicted octanol–water partition coefficient (Wildman–Crippen LogP) is 14.7. The zero-order valence-corrected chi connectivity index (χ0v) is 30.0. The maximum absolute atomic E-state index is 5.07. The number of hydrogen-bond donors (Lipinski definition) is 0. The fourth-order valence-electron chi connectivity index (χ4n) is 7.04. The summed E-state index contributed by atoms with van der Waals surface area (Å²) in [5, 5.41) is 0. The van der Waals surface area contributed by atoms with E-state index >= 15 is 0 Å². The number of para-hydroxylation sites is 2. The van der Waals surface area contributed by atoms with Crippen molar-refractivity contribution in [2.45, 2.75) is 226 Å². The Kier molecular flexibility index (Phi) is 25.7. The van der Waals surface area contributed by atoms with Crippen molar-refractivity contribution in [2.24, 2.45) is 0 Å². The van der Waals surface area contributed by atoms with Crippen molar-refractivity contribution in [1.29, 1.82) is 0 Å². The lowest BCUT2D eigenvalue weighted by molar-refractivity contribution is 0.516. The fraction of sp³-hybridized carbons (Fsp3) is 0.833. The summed E-state index contributed by atoms with van der Waals surface area (Å²) in [5.41, 5.74) is 2.55. The molecule has 2 rings (SSSR count). The Morgan fingerprint density at radius 2 is 0.750 bits per heavy atom. The van der Waals surface area contributed by atoms with Crippen LogP contribution in [0.25, 0.3) is 11.0 Å². The van der Waals surface area contributed by atoms with E-state index in [4.69, 9.17) is 4.98 Å². The van der Waals surface area contributed by atoms with E-state index in [1.807, 2.05) is 0 Å². The van der Waals surface area contributed by atoms with Crippen LogP contribution in [0.2, 0.25) is 0 Å². The Hall–Kier alpha value is -1.31.